The molecule has 0 unspecified atom stereocenters. The summed E-state index contributed by atoms with van der Waals surface area (Å²) in [6, 6.07) is 14.9. The van der Waals surface area contributed by atoms with Gasteiger partial charge in [-0.25, -0.2) is 0 Å². The normalized spacial score (nSPS) is 16.0. The molecule has 1 saturated heterocycles. The molecule has 6 nitrogen and oxygen atoms in total. The molecule has 6 heteroatoms. The molecule has 27 heavy (non-hydrogen) atoms. The number of amides is 2. The van der Waals surface area contributed by atoms with Crippen molar-refractivity contribution in [1.82, 2.24) is 9.80 Å². The zero-order chi connectivity index (χ0) is 18.6. The molecule has 0 N–H and O–H groups in total. The van der Waals surface area contributed by atoms with E-state index in [9.17, 15) is 9.59 Å². The fraction of sp³-hybridized carbons (Fsp3) is 0.238. The largest absolute Gasteiger partial charge is 0.454 e. The van der Waals surface area contributed by atoms with Crippen molar-refractivity contribution in [3.05, 3.63) is 65.7 Å². The molecule has 4 rings (SSSR count). The fourth-order valence-electron chi connectivity index (χ4n) is 3.18. The molecule has 138 valence electrons. The maximum atomic E-state index is 12.7. The lowest BCUT2D eigenvalue weighted by Crippen LogP contribution is -2.50. The molecule has 0 radical (unpaired) electrons. The molecule has 0 aliphatic carbocycles. The van der Waals surface area contributed by atoms with Gasteiger partial charge in [-0.3, -0.25) is 9.59 Å². The summed E-state index contributed by atoms with van der Waals surface area (Å²) in [5, 5.41) is 0. The van der Waals surface area contributed by atoms with Crippen LogP contribution in [0.15, 0.2) is 54.6 Å². The van der Waals surface area contributed by atoms with Gasteiger partial charge in [0.25, 0.3) is 5.91 Å². The Hall–Kier alpha value is -3.28. The van der Waals surface area contributed by atoms with E-state index in [0.29, 0.717) is 43.2 Å². The quantitative estimate of drug-likeness (QED) is 0.785. The minimum absolute atomic E-state index is 0.0333. The third kappa shape index (κ3) is 3.79. The second kappa shape index (κ2) is 7.53. The highest BCUT2D eigenvalue weighted by Crippen LogP contribution is 2.32. The van der Waals surface area contributed by atoms with Crippen LogP contribution in [0.2, 0.25) is 0 Å². The maximum absolute atomic E-state index is 12.7. The first kappa shape index (κ1) is 17.1. The number of nitrogens with zero attached hydrogens (tertiary/aromatic N) is 2. The monoisotopic (exact) mass is 364 g/mol. The number of carbonyl (C=O) groups excluding carboxylic acids is 2. The van der Waals surface area contributed by atoms with Gasteiger partial charge in [-0.1, -0.05) is 30.3 Å². The lowest BCUT2D eigenvalue weighted by molar-refractivity contribution is -0.127. The Kier molecular flexibility index (Phi) is 4.78. The summed E-state index contributed by atoms with van der Waals surface area (Å²) in [4.78, 5) is 28.6. The molecule has 0 aromatic heterocycles. The Labute approximate surface area is 157 Å². The van der Waals surface area contributed by atoms with Crippen molar-refractivity contribution in [2.45, 2.75) is 0 Å². The molecule has 2 aliphatic rings. The molecular formula is C21H20N2O4. The van der Waals surface area contributed by atoms with Crippen molar-refractivity contribution < 1.29 is 19.1 Å². The molecule has 2 aromatic rings. The second-order valence-electron chi connectivity index (χ2n) is 6.43. The first-order chi connectivity index (χ1) is 13.2. The summed E-state index contributed by atoms with van der Waals surface area (Å²) in [5.41, 5.74) is 1.56. The van der Waals surface area contributed by atoms with E-state index in [-0.39, 0.29) is 18.6 Å². The Balaban J connectivity index is 1.34. The SMILES string of the molecule is O=C(/C=C/c1ccccc1)N1CCN(C(=O)c2ccc3c(c2)OCO3)CC1. The zero-order valence-corrected chi connectivity index (χ0v) is 14.8. The van der Waals surface area contributed by atoms with Gasteiger partial charge in [-0.05, 0) is 29.8 Å². The van der Waals surface area contributed by atoms with Gasteiger partial charge in [0, 0.05) is 37.8 Å². The maximum Gasteiger partial charge on any atom is 0.254 e. The van der Waals surface area contributed by atoms with Crippen LogP contribution in [0.5, 0.6) is 11.5 Å². The third-order valence-corrected chi connectivity index (χ3v) is 4.72. The van der Waals surface area contributed by atoms with Crippen LogP contribution in [0, 0.1) is 0 Å². The summed E-state index contributed by atoms with van der Waals surface area (Å²) < 4.78 is 10.6. The molecule has 0 atom stereocenters. The van der Waals surface area contributed by atoms with E-state index in [1.807, 2.05) is 36.4 Å². The smallest absolute Gasteiger partial charge is 0.254 e. The van der Waals surface area contributed by atoms with E-state index in [2.05, 4.69) is 0 Å². The highest BCUT2D eigenvalue weighted by Gasteiger charge is 2.25. The molecule has 0 spiro atoms. The van der Waals surface area contributed by atoms with Crippen molar-refractivity contribution >= 4 is 17.9 Å². The molecule has 0 saturated carbocycles. The van der Waals surface area contributed by atoms with E-state index in [1.54, 1.807) is 34.1 Å². The molecule has 1 fully saturated rings. The Morgan fingerprint density at radius 3 is 2.33 bits per heavy atom. The number of hydrogen-bond donors (Lipinski definition) is 0. The lowest BCUT2D eigenvalue weighted by Gasteiger charge is -2.34. The van der Waals surface area contributed by atoms with Crippen LogP contribution >= 0.6 is 0 Å². The summed E-state index contributed by atoms with van der Waals surface area (Å²) in [5.74, 6) is 1.17. The van der Waals surface area contributed by atoms with Gasteiger partial charge >= 0.3 is 0 Å². The fourth-order valence-corrected chi connectivity index (χ4v) is 3.18. The number of fused-ring (bicyclic) bond motifs is 1. The molecule has 2 heterocycles. The van der Waals surface area contributed by atoms with Crippen molar-refractivity contribution in [3.8, 4) is 11.5 Å². The topological polar surface area (TPSA) is 59.1 Å². The molecule has 0 bridgehead atoms. The van der Waals surface area contributed by atoms with Crippen LogP contribution < -0.4 is 9.47 Å². The van der Waals surface area contributed by atoms with E-state index in [4.69, 9.17) is 9.47 Å². The van der Waals surface area contributed by atoms with Gasteiger partial charge in [-0.2, -0.15) is 0 Å². The van der Waals surface area contributed by atoms with Crippen molar-refractivity contribution in [2.24, 2.45) is 0 Å². The average molecular weight is 364 g/mol. The van der Waals surface area contributed by atoms with Crippen LogP contribution in [0.4, 0.5) is 0 Å². The first-order valence-corrected chi connectivity index (χ1v) is 8.92. The zero-order valence-electron chi connectivity index (χ0n) is 14.8. The number of hydrogen-bond acceptors (Lipinski definition) is 4. The number of ether oxygens (including phenoxy) is 2. The van der Waals surface area contributed by atoms with E-state index < -0.39 is 0 Å². The Morgan fingerprint density at radius 1 is 0.852 bits per heavy atom. The van der Waals surface area contributed by atoms with Crippen molar-refractivity contribution in [1.29, 1.82) is 0 Å². The summed E-state index contributed by atoms with van der Waals surface area (Å²) in [7, 11) is 0. The average Bonchev–Trinajstić information content (AvgIpc) is 3.20. The predicted molar refractivity (Wildman–Crippen MR) is 101 cm³/mol. The van der Waals surface area contributed by atoms with Crippen LogP contribution in [-0.2, 0) is 4.79 Å². The van der Waals surface area contributed by atoms with Gasteiger partial charge in [0.05, 0.1) is 0 Å². The summed E-state index contributed by atoms with van der Waals surface area (Å²) >= 11 is 0. The van der Waals surface area contributed by atoms with Gasteiger partial charge in [0.2, 0.25) is 12.7 Å². The van der Waals surface area contributed by atoms with Crippen molar-refractivity contribution in [2.75, 3.05) is 33.0 Å². The highest BCUT2D eigenvalue weighted by molar-refractivity contribution is 5.95. The van der Waals surface area contributed by atoms with Crippen LogP contribution in [0.3, 0.4) is 0 Å². The van der Waals surface area contributed by atoms with Crippen molar-refractivity contribution in [3.63, 3.8) is 0 Å². The van der Waals surface area contributed by atoms with Gasteiger partial charge in [0.15, 0.2) is 11.5 Å². The number of carbonyl (C=O) groups is 2. The van der Waals surface area contributed by atoms with Crippen LogP contribution in [0.1, 0.15) is 15.9 Å². The van der Waals surface area contributed by atoms with E-state index in [0.717, 1.165) is 5.56 Å². The molecular weight excluding hydrogens is 344 g/mol. The van der Waals surface area contributed by atoms with Gasteiger partial charge in [0.1, 0.15) is 0 Å². The first-order valence-electron chi connectivity index (χ1n) is 8.92. The Bertz CT molecular complexity index is 871. The predicted octanol–water partition coefficient (Wildman–Crippen LogP) is 2.41. The highest BCUT2D eigenvalue weighted by atomic mass is 16.7. The van der Waals surface area contributed by atoms with E-state index in [1.165, 1.54) is 0 Å². The Morgan fingerprint density at radius 2 is 1.56 bits per heavy atom. The number of benzene rings is 2. The van der Waals surface area contributed by atoms with Gasteiger partial charge in [-0.15, -0.1) is 0 Å². The number of piperazine rings is 1. The van der Waals surface area contributed by atoms with Crippen LogP contribution in [0.25, 0.3) is 6.08 Å². The summed E-state index contributed by atoms with van der Waals surface area (Å²) in [6.45, 7) is 2.25. The minimum atomic E-state index is -0.0553. The number of rotatable bonds is 3. The third-order valence-electron chi connectivity index (χ3n) is 4.72. The second-order valence-corrected chi connectivity index (χ2v) is 6.43. The van der Waals surface area contributed by atoms with Gasteiger partial charge < -0.3 is 19.3 Å². The molecule has 2 aliphatic heterocycles. The van der Waals surface area contributed by atoms with E-state index >= 15 is 0 Å². The summed E-state index contributed by atoms with van der Waals surface area (Å²) in [6.07, 6.45) is 3.40. The molecule has 2 aromatic carbocycles. The minimum Gasteiger partial charge on any atom is -0.454 e. The van der Waals surface area contributed by atoms with Crippen LogP contribution in [-0.4, -0.2) is 54.6 Å². The standard InChI is InChI=1S/C21H20N2O4/c24-20(9-6-16-4-2-1-3-5-16)22-10-12-23(13-11-22)21(25)17-7-8-18-19(14-17)27-15-26-18/h1-9,14H,10-13,15H2/b9-6+. The lowest BCUT2D eigenvalue weighted by atomic mass is 10.1. The molecule has 2 amide bonds.